The highest BCUT2D eigenvalue weighted by atomic mass is 16.4. The molecule has 20 heavy (non-hydrogen) atoms. The lowest BCUT2D eigenvalue weighted by atomic mass is 9.93. The van der Waals surface area contributed by atoms with Crippen LogP contribution in [-0.2, 0) is 11.3 Å². The van der Waals surface area contributed by atoms with Crippen molar-refractivity contribution in [2.45, 2.75) is 45.6 Å². The number of carboxylic acid groups (broad SMARTS) is 1. The lowest BCUT2D eigenvalue weighted by molar-refractivity contribution is -0.138. The van der Waals surface area contributed by atoms with Crippen LogP contribution in [0.5, 0.6) is 0 Å². The summed E-state index contributed by atoms with van der Waals surface area (Å²) >= 11 is 0. The molecular weight excluding hydrogens is 250 g/mol. The number of nitrogens with zero attached hydrogens (tertiary/aromatic N) is 1. The summed E-state index contributed by atoms with van der Waals surface area (Å²) in [4.78, 5) is 13.1. The fourth-order valence-electron chi connectivity index (χ4n) is 2.86. The third-order valence-electron chi connectivity index (χ3n) is 4.22. The first kappa shape index (κ1) is 15.0. The SMILES string of the molecule is CC(C)c1ccc(CN2CCC(CC(=O)O)CC2)cc1. The van der Waals surface area contributed by atoms with Gasteiger partial charge in [-0.25, -0.2) is 0 Å². The van der Waals surface area contributed by atoms with Crippen molar-refractivity contribution < 1.29 is 9.90 Å². The molecule has 110 valence electrons. The number of carbonyl (C=O) groups is 1. The van der Waals surface area contributed by atoms with Gasteiger partial charge in [-0.1, -0.05) is 38.1 Å². The molecule has 0 unspecified atom stereocenters. The maximum absolute atomic E-state index is 10.7. The molecule has 0 aromatic heterocycles. The molecule has 1 aliphatic rings. The van der Waals surface area contributed by atoms with Crippen LogP contribution in [0.3, 0.4) is 0 Å². The van der Waals surface area contributed by atoms with Gasteiger partial charge in [0.05, 0.1) is 0 Å². The highest BCUT2D eigenvalue weighted by Gasteiger charge is 2.21. The van der Waals surface area contributed by atoms with Crippen molar-refractivity contribution in [3.05, 3.63) is 35.4 Å². The van der Waals surface area contributed by atoms with Gasteiger partial charge in [0.1, 0.15) is 0 Å². The number of aliphatic carboxylic acids is 1. The first-order chi connectivity index (χ1) is 9.54. The molecule has 0 aliphatic carbocycles. The Morgan fingerprint density at radius 2 is 1.85 bits per heavy atom. The topological polar surface area (TPSA) is 40.5 Å². The van der Waals surface area contributed by atoms with E-state index < -0.39 is 5.97 Å². The smallest absolute Gasteiger partial charge is 0.303 e. The second-order valence-electron chi connectivity index (χ2n) is 6.21. The van der Waals surface area contributed by atoms with Crippen LogP contribution in [0.1, 0.15) is 50.2 Å². The minimum atomic E-state index is -0.660. The number of likely N-dealkylation sites (tertiary alicyclic amines) is 1. The second kappa shape index (κ2) is 6.89. The summed E-state index contributed by atoms with van der Waals surface area (Å²) in [6.07, 6.45) is 2.35. The molecular formula is C17H25NO2. The number of benzene rings is 1. The van der Waals surface area contributed by atoms with Gasteiger partial charge in [0.25, 0.3) is 0 Å². The average Bonchev–Trinajstić information content (AvgIpc) is 2.41. The van der Waals surface area contributed by atoms with E-state index in [1.54, 1.807) is 0 Å². The zero-order chi connectivity index (χ0) is 14.5. The van der Waals surface area contributed by atoms with Crippen LogP contribution in [0.15, 0.2) is 24.3 Å². The van der Waals surface area contributed by atoms with Crippen molar-refractivity contribution in [1.29, 1.82) is 0 Å². The van der Waals surface area contributed by atoms with Crippen LogP contribution in [-0.4, -0.2) is 29.1 Å². The highest BCUT2D eigenvalue weighted by Crippen LogP contribution is 2.22. The van der Waals surface area contributed by atoms with E-state index in [0.717, 1.165) is 32.5 Å². The number of carboxylic acids is 1. The molecule has 0 radical (unpaired) electrons. The van der Waals surface area contributed by atoms with E-state index in [0.29, 0.717) is 18.3 Å². The van der Waals surface area contributed by atoms with E-state index in [2.05, 4.69) is 43.0 Å². The Hall–Kier alpha value is -1.35. The van der Waals surface area contributed by atoms with Crippen molar-refractivity contribution in [1.82, 2.24) is 4.90 Å². The van der Waals surface area contributed by atoms with Crippen LogP contribution < -0.4 is 0 Å². The Balaban J connectivity index is 1.81. The van der Waals surface area contributed by atoms with E-state index in [4.69, 9.17) is 5.11 Å². The van der Waals surface area contributed by atoms with Gasteiger partial charge < -0.3 is 5.11 Å². The number of hydrogen-bond acceptors (Lipinski definition) is 2. The molecule has 0 atom stereocenters. The highest BCUT2D eigenvalue weighted by molar-refractivity contribution is 5.67. The summed E-state index contributed by atoms with van der Waals surface area (Å²) in [5, 5.41) is 8.82. The van der Waals surface area contributed by atoms with Crippen molar-refractivity contribution in [3.63, 3.8) is 0 Å². The molecule has 3 heteroatoms. The molecule has 0 bridgehead atoms. The van der Waals surface area contributed by atoms with Gasteiger partial charge in [-0.3, -0.25) is 9.69 Å². The van der Waals surface area contributed by atoms with Crippen LogP contribution in [0.4, 0.5) is 0 Å². The van der Waals surface area contributed by atoms with Gasteiger partial charge in [0.2, 0.25) is 0 Å². The number of piperidine rings is 1. The first-order valence-electron chi connectivity index (χ1n) is 7.57. The molecule has 1 fully saturated rings. The fraction of sp³-hybridized carbons (Fsp3) is 0.588. The summed E-state index contributed by atoms with van der Waals surface area (Å²) in [6, 6.07) is 8.88. The van der Waals surface area contributed by atoms with Crippen molar-refractivity contribution in [3.8, 4) is 0 Å². The van der Waals surface area contributed by atoms with E-state index in [9.17, 15) is 4.79 Å². The predicted octanol–water partition coefficient (Wildman–Crippen LogP) is 3.50. The van der Waals surface area contributed by atoms with Gasteiger partial charge in [-0.15, -0.1) is 0 Å². The van der Waals surface area contributed by atoms with Crippen LogP contribution >= 0.6 is 0 Å². The average molecular weight is 275 g/mol. The predicted molar refractivity (Wildman–Crippen MR) is 80.8 cm³/mol. The molecule has 1 N–H and O–H groups in total. The van der Waals surface area contributed by atoms with E-state index in [-0.39, 0.29) is 0 Å². The molecule has 1 heterocycles. The Labute approximate surface area is 121 Å². The molecule has 1 aromatic carbocycles. The van der Waals surface area contributed by atoms with E-state index in [1.807, 2.05) is 0 Å². The number of hydrogen-bond donors (Lipinski definition) is 1. The van der Waals surface area contributed by atoms with E-state index in [1.165, 1.54) is 11.1 Å². The van der Waals surface area contributed by atoms with Gasteiger partial charge in [0, 0.05) is 13.0 Å². The zero-order valence-electron chi connectivity index (χ0n) is 12.5. The van der Waals surface area contributed by atoms with Crippen molar-refractivity contribution >= 4 is 5.97 Å². The first-order valence-corrected chi connectivity index (χ1v) is 7.57. The summed E-state index contributed by atoms with van der Waals surface area (Å²) in [7, 11) is 0. The minimum Gasteiger partial charge on any atom is -0.481 e. The molecule has 0 saturated carbocycles. The largest absolute Gasteiger partial charge is 0.481 e. The van der Waals surface area contributed by atoms with Crippen molar-refractivity contribution in [2.24, 2.45) is 5.92 Å². The van der Waals surface area contributed by atoms with Gasteiger partial charge in [0.15, 0.2) is 0 Å². The minimum absolute atomic E-state index is 0.330. The Bertz CT molecular complexity index is 431. The number of rotatable bonds is 5. The van der Waals surface area contributed by atoms with Crippen molar-refractivity contribution in [2.75, 3.05) is 13.1 Å². The van der Waals surface area contributed by atoms with Crippen LogP contribution in [0.25, 0.3) is 0 Å². The Morgan fingerprint density at radius 1 is 1.25 bits per heavy atom. The summed E-state index contributed by atoms with van der Waals surface area (Å²) < 4.78 is 0. The Morgan fingerprint density at radius 3 is 2.35 bits per heavy atom. The second-order valence-corrected chi connectivity index (χ2v) is 6.21. The lowest BCUT2D eigenvalue weighted by Crippen LogP contribution is -2.33. The maximum atomic E-state index is 10.7. The maximum Gasteiger partial charge on any atom is 0.303 e. The quantitative estimate of drug-likeness (QED) is 0.894. The third kappa shape index (κ3) is 4.34. The molecule has 1 aliphatic heterocycles. The molecule has 1 saturated heterocycles. The summed E-state index contributed by atoms with van der Waals surface area (Å²) in [5.74, 6) is 0.288. The van der Waals surface area contributed by atoms with Gasteiger partial charge in [-0.05, 0) is 48.9 Å². The summed E-state index contributed by atoms with van der Waals surface area (Å²) in [5.41, 5.74) is 2.74. The van der Waals surface area contributed by atoms with E-state index >= 15 is 0 Å². The molecule has 0 amide bonds. The molecule has 2 rings (SSSR count). The monoisotopic (exact) mass is 275 g/mol. The molecule has 3 nitrogen and oxygen atoms in total. The third-order valence-corrected chi connectivity index (χ3v) is 4.22. The molecule has 0 spiro atoms. The van der Waals surface area contributed by atoms with Gasteiger partial charge in [-0.2, -0.15) is 0 Å². The van der Waals surface area contributed by atoms with Crippen LogP contribution in [0.2, 0.25) is 0 Å². The Kier molecular flexibility index (Phi) is 5.18. The lowest BCUT2D eigenvalue weighted by Gasteiger charge is -2.31. The fourth-order valence-corrected chi connectivity index (χ4v) is 2.86. The van der Waals surface area contributed by atoms with Gasteiger partial charge >= 0.3 is 5.97 Å². The normalized spacial score (nSPS) is 17.6. The molecule has 1 aromatic rings. The zero-order valence-corrected chi connectivity index (χ0v) is 12.5. The summed E-state index contributed by atoms with van der Waals surface area (Å²) in [6.45, 7) is 7.44. The van der Waals surface area contributed by atoms with Crippen LogP contribution in [0, 0.1) is 5.92 Å². The standard InChI is InChI=1S/C17H25NO2/c1-13(2)16-5-3-15(4-6-16)12-18-9-7-14(8-10-18)11-17(19)20/h3-6,13-14H,7-12H2,1-2H3,(H,19,20).